The molecular weight excluding hydrogens is 350 g/mol. The van der Waals surface area contributed by atoms with E-state index < -0.39 is 8.07 Å². The van der Waals surface area contributed by atoms with Crippen molar-refractivity contribution in [2.45, 2.75) is 39.4 Å². The average Bonchev–Trinajstić information content (AvgIpc) is 2.99. The molecule has 0 fully saturated rings. The first-order chi connectivity index (χ1) is 12.3. The van der Waals surface area contributed by atoms with Gasteiger partial charge in [0.2, 0.25) is 0 Å². The molecule has 3 heteroatoms. The molecule has 26 heavy (non-hydrogen) atoms. The van der Waals surface area contributed by atoms with E-state index in [1.54, 1.807) is 0 Å². The Hall–Kier alpha value is -1.97. The van der Waals surface area contributed by atoms with Crippen molar-refractivity contribution in [3.05, 3.63) is 60.3 Å². The second-order valence-electron chi connectivity index (χ2n) is 8.37. The molecule has 0 spiro atoms. The van der Waals surface area contributed by atoms with E-state index in [9.17, 15) is 0 Å². The summed E-state index contributed by atoms with van der Waals surface area (Å²) in [4.78, 5) is 4.68. The first-order valence-electron chi connectivity index (χ1n) is 9.26. The highest BCUT2D eigenvalue weighted by Crippen LogP contribution is 2.39. The number of hydrogen-bond donors (Lipinski definition) is 0. The van der Waals surface area contributed by atoms with Crippen LogP contribution in [0.2, 0.25) is 19.6 Å². The monoisotopic (exact) mass is 375 g/mol. The first-order valence-corrected chi connectivity index (χ1v) is 13.6. The molecule has 0 saturated heterocycles. The molecule has 2 aromatic carbocycles. The van der Waals surface area contributed by atoms with Gasteiger partial charge in [0.1, 0.15) is 0 Å². The molecule has 2 heterocycles. The Morgan fingerprint density at radius 3 is 2.46 bits per heavy atom. The van der Waals surface area contributed by atoms with Gasteiger partial charge in [0.15, 0.2) is 0 Å². The lowest BCUT2D eigenvalue weighted by Gasteiger charge is -2.16. The molecule has 0 bridgehead atoms. The minimum Gasteiger partial charge on any atom is -0.256 e. The second kappa shape index (κ2) is 6.33. The van der Waals surface area contributed by atoms with Crippen LogP contribution in [-0.4, -0.2) is 13.1 Å². The zero-order valence-corrected chi connectivity index (χ0v) is 17.9. The third-order valence-electron chi connectivity index (χ3n) is 5.09. The fraction of sp³-hybridized carbons (Fsp3) is 0.261. The summed E-state index contributed by atoms with van der Waals surface area (Å²) in [6, 6.07) is 18.1. The fourth-order valence-electron chi connectivity index (χ4n) is 3.42. The van der Waals surface area contributed by atoms with Gasteiger partial charge in [0.25, 0.3) is 0 Å². The maximum absolute atomic E-state index is 4.68. The van der Waals surface area contributed by atoms with Crippen LogP contribution < -0.4 is 5.19 Å². The number of thiophene rings is 1. The normalized spacial score (nSPS) is 12.4. The van der Waals surface area contributed by atoms with Crippen LogP contribution >= 0.6 is 11.3 Å². The Balaban J connectivity index is 1.96. The molecule has 2 aromatic heterocycles. The molecule has 0 N–H and O–H groups in total. The smallest absolute Gasteiger partial charge is 0.0776 e. The molecule has 1 nitrogen and oxygen atoms in total. The molecule has 4 aromatic rings. The van der Waals surface area contributed by atoms with E-state index in [4.69, 9.17) is 0 Å². The number of rotatable bonds is 3. The van der Waals surface area contributed by atoms with E-state index in [1.165, 1.54) is 36.5 Å². The molecule has 0 radical (unpaired) electrons. The molecule has 132 valence electrons. The number of fused-ring (bicyclic) bond motifs is 3. The largest absolute Gasteiger partial charge is 0.256 e. The summed E-state index contributed by atoms with van der Waals surface area (Å²) in [6.07, 6.45) is 1.94. The molecule has 0 aliphatic carbocycles. The molecular formula is C23H25NSSi. The van der Waals surface area contributed by atoms with Gasteiger partial charge in [-0.05, 0) is 29.7 Å². The zero-order valence-electron chi connectivity index (χ0n) is 16.1. The number of aromatic nitrogens is 1. The van der Waals surface area contributed by atoms with Gasteiger partial charge in [0, 0.05) is 31.9 Å². The Morgan fingerprint density at radius 2 is 1.73 bits per heavy atom. The van der Waals surface area contributed by atoms with Crippen molar-refractivity contribution in [3.63, 3.8) is 0 Å². The third kappa shape index (κ3) is 2.99. The SMILES string of the molecule is CC(C)c1ccnc(-c2cccc3c2sc2ccc([Si](C)(C)C)cc23)c1. The van der Waals surface area contributed by atoms with Crippen molar-refractivity contribution < 1.29 is 0 Å². The minimum absolute atomic E-state index is 0.512. The van der Waals surface area contributed by atoms with Gasteiger partial charge in [-0.15, -0.1) is 11.3 Å². The first kappa shape index (κ1) is 17.4. The van der Waals surface area contributed by atoms with E-state index in [0.29, 0.717) is 5.92 Å². The summed E-state index contributed by atoms with van der Waals surface area (Å²) in [5.74, 6) is 0.512. The van der Waals surface area contributed by atoms with Gasteiger partial charge in [-0.25, -0.2) is 0 Å². The van der Waals surface area contributed by atoms with Crippen LogP contribution in [0.25, 0.3) is 31.4 Å². The van der Waals surface area contributed by atoms with E-state index in [-0.39, 0.29) is 0 Å². The number of hydrogen-bond acceptors (Lipinski definition) is 2. The predicted octanol–water partition coefficient (Wildman–Crippen LogP) is 6.79. The summed E-state index contributed by atoms with van der Waals surface area (Å²) >= 11 is 1.89. The average molecular weight is 376 g/mol. The Bertz CT molecular complexity index is 1100. The molecule has 0 amide bonds. The predicted molar refractivity (Wildman–Crippen MR) is 120 cm³/mol. The highest BCUT2D eigenvalue weighted by molar-refractivity contribution is 7.26. The lowest BCUT2D eigenvalue weighted by atomic mass is 10.0. The fourth-order valence-corrected chi connectivity index (χ4v) is 5.79. The van der Waals surface area contributed by atoms with Crippen molar-refractivity contribution in [2.24, 2.45) is 0 Å². The van der Waals surface area contributed by atoms with Crippen LogP contribution in [0.3, 0.4) is 0 Å². The highest BCUT2D eigenvalue weighted by Gasteiger charge is 2.18. The van der Waals surface area contributed by atoms with Crippen LogP contribution in [0.15, 0.2) is 54.7 Å². The number of nitrogens with zero attached hydrogens (tertiary/aromatic N) is 1. The van der Waals surface area contributed by atoms with Gasteiger partial charge in [-0.1, -0.05) is 69.0 Å². The maximum Gasteiger partial charge on any atom is 0.0776 e. The van der Waals surface area contributed by atoms with Crippen LogP contribution in [0.5, 0.6) is 0 Å². The van der Waals surface area contributed by atoms with Crippen molar-refractivity contribution in [3.8, 4) is 11.3 Å². The van der Waals surface area contributed by atoms with Gasteiger partial charge in [-0.3, -0.25) is 4.98 Å². The van der Waals surface area contributed by atoms with Gasteiger partial charge in [-0.2, -0.15) is 0 Å². The van der Waals surface area contributed by atoms with Crippen LogP contribution in [0.4, 0.5) is 0 Å². The number of pyridine rings is 1. The van der Waals surface area contributed by atoms with Crippen molar-refractivity contribution >= 4 is 44.8 Å². The van der Waals surface area contributed by atoms with Gasteiger partial charge in [0.05, 0.1) is 13.8 Å². The lowest BCUT2D eigenvalue weighted by Crippen LogP contribution is -2.37. The van der Waals surface area contributed by atoms with Crippen LogP contribution in [0, 0.1) is 0 Å². The molecule has 4 rings (SSSR count). The van der Waals surface area contributed by atoms with E-state index in [0.717, 1.165) is 5.69 Å². The van der Waals surface area contributed by atoms with E-state index in [2.05, 4.69) is 87.0 Å². The van der Waals surface area contributed by atoms with Crippen LogP contribution in [0.1, 0.15) is 25.3 Å². The minimum atomic E-state index is -1.32. The Kier molecular flexibility index (Phi) is 4.24. The molecule has 0 unspecified atom stereocenters. The summed E-state index contributed by atoms with van der Waals surface area (Å²) in [6.45, 7) is 11.7. The summed E-state index contributed by atoms with van der Waals surface area (Å²) in [5, 5.41) is 4.28. The van der Waals surface area contributed by atoms with Gasteiger partial charge >= 0.3 is 0 Å². The van der Waals surface area contributed by atoms with Crippen molar-refractivity contribution in [1.82, 2.24) is 4.98 Å². The standard InChI is InChI=1S/C23H25NSSi/c1-15(2)16-11-12-24-21(13-16)19-8-6-7-18-20-14-17(26(3,4)5)9-10-22(20)25-23(18)19/h6-15H,1-5H3. The summed E-state index contributed by atoms with van der Waals surface area (Å²) in [5.41, 5.74) is 3.67. The van der Waals surface area contributed by atoms with Crippen LogP contribution in [-0.2, 0) is 0 Å². The van der Waals surface area contributed by atoms with Gasteiger partial charge < -0.3 is 0 Å². The summed E-state index contributed by atoms with van der Waals surface area (Å²) < 4.78 is 2.72. The lowest BCUT2D eigenvalue weighted by molar-refractivity contribution is 0.864. The topological polar surface area (TPSA) is 12.9 Å². The molecule has 0 aliphatic rings. The zero-order chi connectivity index (χ0) is 18.5. The number of benzene rings is 2. The van der Waals surface area contributed by atoms with E-state index in [1.807, 2.05) is 17.5 Å². The van der Waals surface area contributed by atoms with E-state index >= 15 is 0 Å². The van der Waals surface area contributed by atoms with Crippen molar-refractivity contribution in [2.75, 3.05) is 0 Å². The second-order valence-corrected chi connectivity index (χ2v) is 14.5. The summed E-state index contributed by atoms with van der Waals surface area (Å²) in [7, 11) is -1.32. The highest BCUT2D eigenvalue weighted by atomic mass is 32.1. The third-order valence-corrected chi connectivity index (χ3v) is 8.35. The maximum atomic E-state index is 4.68. The Labute approximate surface area is 160 Å². The Morgan fingerprint density at radius 1 is 0.923 bits per heavy atom. The molecule has 0 aliphatic heterocycles. The quantitative estimate of drug-likeness (QED) is 0.359. The van der Waals surface area contributed by atoms with Crippen molar-refractivity contribution in [1.29, 1.82) is 0 Å². The molecule has 0 saturated carbocycles. The molecule has 0 atom stereocenters.